The van der Waals surface area contributed by atoms with E-state index in [0.29, 0.717) is 11.3 Å². The van der Waals surface area contributed by atoms with E-state index >= 15 is 0 Å². The molecule has 0 spiro atoms. The molecule has 96 valence electrons. The number of benzene rings is 1. The number of phenolic OH excluding ortho intramolecular Hbond substituents is 1. The molecule has 0 atom stereocenters. The molecule has 17 heavy (non-hydrogen) atoms. The van der Waals surface area contributed by atoms with Gasteiger partial charge >= 0.3 is 0 Å². The van der Waals surface area contributed by atoms with E-state index in [9.17, 15) is 13.9 Å². The van der Waals surface area contributed by atoms with Crippen molar-refractivity contribution in [2.45, 2.75) is 12.5 Å². The second-order valence-electron chi connectivity index (χ2n) is 3.61. The van der Waals surface area contributed by atoms with Crippen molar-refractivity contribution in [2.24, 2.45) is 0 Å². The van der Waals surface area contributed by atoms with Crippen molar-refractivity contribution in [3.63, 3.8) is 0 Å². The van der Waals surface area contributed by atoms with Crippen molar-refractivity contribution in [3.8, 4) is 11.5 Å². The molecule has 6 heteroatoms. The molecule has 0 heterocycles. The highest BCUT2D eigenvalue weighted by atomic mass is 19.3. The number of aliphatic hydroxyl groups is 1. The van der Waals surface area contributed by atoms with Crippen LogP contribution >= 0.6 is 0 Å². The molecule has 0 saturated carbocycles. The molecule has 0 bridgehead atoms. The Morgan fingerprint density at radius 3 is 2.65 bits per heavy atom. The molecule has 4 nitrogen and oxygen atoms in total. The maximum absolute atomic E-state index is 12.7. The number of ether oxygens (including phenoxy) is 1. The van der Waals surface area contributed by atoms with Crippen LogP contribution in [0.4, 0.5) is 8.78 Å². The third-order valence-electron chi connectivity index (χ3n) is 2.22. The Balaban J connectivity index is 2.52. The molecular weight excluding hydrogens is 232 g/mol. The minimum Gasteiger partial charge on any atom is -0.507 e. The SMILES string of the molecule is COc1ccc(CNCC(F)(F)CO)c(O)c1. The Kier molecular flexibility index (Phi) is 4.65. The Morgan fingerprint density at radius 2 is 2.12 bits per heavy atom. The number of nitrogens with one attached hydrogen (secondary N) is 1. The number of hydrogen-bond donors (Lipinski definition) is 3. The van der Waals surface area contributed by atoms with Crippen LogP contribution < -0.4 is 10.1 Å². The van der Waals surface area contributed by atoms with E-state index in [4.69, 9.17) is 9.84 Å². The van der Waals surface area contributed by atoms with Gasteiger partial charge in [0.05, 0.1) is 13.7 Å². The van der Waals surface area contributed by atoms with Crippen molar-refractivity contribution in [1.29, 1.82) is 0 Å². The smallest absolute Gasteiger partial charge is 0.282 e. The normalized spacial score (nSPS) is 11.5. The van der Waals surface area contributed by atoms with Crippen molar-refractivity contribution in [2.75, 3.05) is 20.3 Å². The Morgan fingerprint density at radius 1 is 1.41 bits per heavy atom. The van der Waals surface area contributed by atoms with E-state index in [1.807, 2.05) is 0 Å². The fourth-order valence-electron chi connectivity index (χ4n) is 1.26. The first-order valence-electron chi connectivity index (χ1n) is 5.04. The molecule has 0 aliphatic heterocycles. The molecule has 1 rings (SSSR count). The molecule has 0 aliphatic rings. The topological polar surface area (TPSA) is 61.7 Å². The summed E-state index contributed by atoms with van der Waals surface area (Å²) >= 11 is 0. The van der Waals surface area contributed by atoms with Crippen LogP contribution in [0.1, 0.15) is 5.56 Å². The van der Waals surface area contributed by atoms with Gasteiger partial charge in [0, 0.05) is 18.2 Å². The van der Waals surface area contributed by atoms with Gasteiger partial charge in [0.1, 0.15) is 18.1 Å². The van der Waals surface area contributed by atoms with Gasteiger partial charge in [-0.2, -0.15) is 0 Å². The quantitative estimate of drug-likeness (QED) is 0.705. The van der Waals surface area contributed by atoms with E-state index in [2.05, 4.69) is 5.32 Å². The molecule has 0 fully saturated rings. The first-order valence-corrected chi connectivity index (χ1v) is 5.04. The molecule has 0 unspecified atom stereocenters. The predicted molar refractivity (Wildman–Crippen MR) is 58.4 cm³/mol. The lowest BCUT2D eigenvalue weighted by Crippen LogP contribution is -2.35. The maximum atomic E-state index is 12.7. The van der Waals surface area contributed by atoms with Crippen LogP contribution in [0, 0.1) is 0 Å². The number of halogens is 2. The largest absolute Gasteiger partial charge is 0.507 e. The molecule has 3 N–H and O–H groups in total. The number of alkyl halides is 2. The Hall–Kier alpha value is -1.40. The van der Waals surface area contributed by atoms with Crippen LogP contribution in [-0.4, -0.2) is 36.4 Å². The number of hydrogen-bond acceptors (Lipinski definition) is 4. The summed E-state index contributed by atoms with van der Waals surface area (Å²) in [5, 5.41) is 20.4. The van der Waals surface area contributed by atoms with Crippen molar-refractivity contribution in [3.05, 3.63) is 23.8 Å². The molecular formula is C11H15F2NO3. The van der Waals surface area contributed by atoms with Gasteiger partial charge in [-0.15, -0.1) is 0 Å². The highest BCUT2D eigenvalue weighted by Gasteiger charge is 2.26. The standard InChI is InChI=1S/C11H15F2NO3/c1-17-9-3-2-8(10(16)4-9)5-14-6-11(12,13)7-15/h2-4,14-16H,5-7H2,1H3. The Bertz CT molecular complexity index is 372. The molecule has 0 aliphatic carbocycles. The van der Waals surface area contributed by atoms with Gasteiger partial charge in [-0.3, -0.25) is 0 Å². The average Bonchev–Trinajstić information content (AvgIpc) is 2.31. The van der Waals surface area contributed by atoms with Crippen LogP contribution in [0.25, 0.3) is 0 Å². The van der Waals surface area contributed by atoms with E-state index in [-0.39, 0.29) is 12.3 Å². The fourth-order valence-corrected chi connectivity index (χ4v) is 1.26. The third kappa shape index (κ3) is 4.16. The molecule has 0 aromatic heterocycles. The number of phenols is 1. The van der Waals surface area contributed by atoms with Crippen molar-refractivity contribution >= 4 is 0 Å². The summed E-state index contributed by atoms with van der Waals surface area (Å²) in [6, 6.07) is 4.61. The average molecular weight is 247 g/mol. The zero-order valence-corrected chi connectivity index (χ0v) is 9.41. The summed E-state index contributed by atoms with van der Waals surface area (Å²) < 4.78 is 30.3. The minimum absolute atomic E-state index is 0.0239. The molecule has 1 aromatic rings. The predicted octanol–water partition coefficient (Wildman–Crippen LogP) is 1.12. The summed E-state index contributed by atoms with van der Waals surface area (Å²) in [6.07, 6.45) is 0. The fraction of sp³-hybridized carbons (Fsp3) is 0.455. The van der Waals surface area contributed by atoms with Gasteiger partial charge < -0.3 is 20.3 Å². The van der Waals surface area contributed by atoms with E-state index in [0.717, 1.165) is 0 Å². The second kappa shape index (κ2) is 5.79. The second-order valence-corrected chi connectivity index (χ2v) is 3.61. The lowest BCUT2D eigenvalue weighted by Gasteiger charge is -2.14. The summed E-state index contributed by atoms with van der Waals surface area (Å²) in [4.78, 5) is 0. The van der Waals surface area contributed by atoms with Gasteiger partial charge in [-0.1, -0.05) is 6.07 Å². The molecule has 0 saturated heterocycles. The van der Waals surface area contributed by atoms with E-state index in [1.54, 1.807) is 12.1 Å². The maximum Gasteiger partial charge on any atom is 0.282 e. The van der Waals surface area contributed by atoms with Gasteiger partial charge in [-0.05, 0) is 6.07 Å². The summed E-state index contributed by atoms with van der Waals surface area (Å²) in [5.74, 6) is -2.68. The Labute approximate surface area is 97.8 Å². The van der Waals surface area contributed by atoms with E-state index < -0.39 is 19.1 Å². The van der Waals surface area contributed by atoms with Crippen LogP contribution in [0.3, 0.4) is 0 Å². The van der Waals surface area contributed by atoms with Crippen LogP contribution in [0.15, 0.2) is 18.2 Å². The summed E-state index contributed by atoms with van der Waals surface area (Å²) in [7, 11) is 1.47. The lowest BCUT2D eigenvalue weighted by atomic mass is 10.2. The van der Waals surface area contributed by atoms with Gasteiger partial charge in [0.25, 0.3) is 5.92 Å². The van der Waals surface area contributed by atoms with Crippen molar-refractivity contribution < 1.29 is 23.7 Å². The lowest BCUT2D eigenvalue weighted by molar-refractivity contribution is -0.0478. The highest BCUT2D eigenvalue weighted by Crippen LogP contribution is 2.23. The first kappa shape index (κ1) is 13.7. The summed E-state index contributed by atoms with van der Waals surface area (Å²) in [5.41, 5.74) is 0.486. The van der Waals surface area contributed by atoms with Crippen LogP contribution in [0.5, 0.6) is 11.5 Å². The zero-order valence-electron chi connectivity index (χ0n) is 9.41. The number of rotatable bonds is 6. The molecule has 1 aromatic carbocycles. The van der Waals surface area contributed by atoms with Gasteiger partial charge in [0.15, 0.2) is 0 Å². The van der Waals surface area contributed by atoms with Gasteiger partial charge in [0.2, 0.25) is 0 Å². The number of aliphatic hydroxyl groups excluding tert-OH is 1. The van der Waals surface area contributed by atoms with E-state index in [1.165, 1.54) is 13.2 Å². The summed E-state index contributed by atoms with van der Waals surface area (Å²) in [6.45, 7) is -1.75. The highest BCUT2D eigenvalue weighted by molar-refractivity contribution is 5.39. The number of methoxy groups -OCH3 is 1. The van der Waals surface area contributed by atoms with Gasteiger partial charge in [-0.25, -0.2) is 8.78 Å². The molecule has 0 radical (unpaired) electrons. The minimum atomic E-state index is -3.15. The van der Waals surface area contributed by atoms with Crippen LogP contribution in [-0.2, 0) is 6.54 Å². The van der Waals surface area contributed by atoms with Crippen LogP contribution in [0.2, 0.25) is 0 Å². The monoisotopic (exact) mass is 247 g/mol. The van der Waals surface area contributed by atoms with Crippen molar-refractivity contribution in [1.82, 2.24) is 5.32 Å². The first-order chi connectivity index (χ1) is 7.98. The third-order valence-corrected chi connectivity index (χ3v) is 2.22. The zero-order chi connectivity index (χ0) is 12.9. The number of aromatic hydroxyl groups is 1. The molecule has 0 amide bonds.